The minimum atomic E-state index is -0.576. The van der Waals surface area contributed by atoms with Crippen molar-refractivity contribution in [2.75, 3.05) is 0 Å². The standard InChI is InChI=1S/C16H19N3O2/c1-3-13-12(9-19(2)18-13)16(21)17-15-11-7-5-4-6-10(11)8-14(15)20/h4-7,9,14-15,20H,3,8H2,1-2H3,(H,17,21). The molecule has 5 nitrogen and oxygen atoms in total. The zero-order chi connectivity index (χ0) is 15.0. The van der Waals surface area contributed by atoms with Crippen molar-refractivity contribution >= 4 is 5.91 Å². The van der Waals surface area contributed by atoms with E-state index in [0.29, 0.717) is 18.4 Å². The number of carbonyl (C=O) groups is 1. The first-order valence-corrected chi connectivity index (χ1v) is 7.19. The van der Waals surface area contributed by atoms with Gasteiger partial charge < -0.3 is 10.4 Å². The molecule has 2 atom stereocenters. The van der Waals surface area contributed by atoms with Crippen LogP contribution in [0.1, 0.15) is 40.1 Å². The van der Waals surface area contributed by atoms with Crippen molar-refractivity contribution in [2.24, 2.45) is 7.05 Å². The van der Waals surface area contributed by atoms with E-state index < -0.39 is 6.10 Å². The molecule has 2 aromatic rings. The van der Waals surface area contributed by atoms with Crippen molar-refractivity contribution in [1.29, 1.82) is 0 Å². The second kappa shape index (κ2) is 5.33. The predicted molar refractivity (Wildman–Crippen MR) is 78.9 cm³/mol. The van der Waals surface area contributed by atoms with E-state index in [2.05, 4.69) is 10.4 Å². The zero-order valence-electron chi connectivity index (χ0n) is 12.2. The number of benzene rings is 1. The van der Waals surface area contributed by atoms with Crippen LogP contribution in [0.3, 0.4) is 0 Å². The molecule has 1 aromatic heterocycles. The summed E-state index contributed by atoms with van der Waals surface area (Å²) in [6.45, 7) is 1.97. The van der Waals surface area contributed by atoms with Gasteiger partial charge in [0.1, 0.15) is 0 Å². The molecule has 0 spiro atoms. The fraction of sp³-hybridized carbons (Fsp3) is 0.375. The Hall–Kier alpha value is -2.14. The molecule has 1 aromatic carbocycles. The molecule has 110 valence electrons. The van der Waals surface area contributed by atoms with Crippen LogP contribution in [0, 0.1) is 0 Å². The Bertz CT molecular complexity index is 678. The number of hydrogen-bond donors (Lipinski definition) is 2. The van der Waals surface area contributed by atoms with E-state index >= 15 is 0 Å². The minimum Gasteiger partial charge on any atom is -0.390 e. The van der Waals surface area contributed by atoms with Gasteiger partial charge in [0, 0.05) is 19.7 Å². The van der Waals surface area contributed by atoms with Crippen LogP contribution in [-0.4, -0.2) is 26.9 Å². The van der Waals surface area contributed by atoms with E-state index in [1.807, 2.05) is 31.2 Å². The molecular weight excluding hydrogens is 266 g/mol. The average Bonchev–Trinajstić information content (AvgIpc) is 3.00. The molecule has 0 bridgehead atoms. The molecule has 0 saturated heterocycles. The number of rotatable bonds is 3. The van der Waals surface area contributed by atoms with Crippen LogP contribution in [-0.2, 0) is 19.9 Å². The van der Waals surface area contributed by atoms with Crippen LogP contribution >= 0.6 is 0 Å². The maximum atomic E-state index is 12.5. The van der Waals surface area contributed by atoms with E-state index in [0.717, 1.165) is 16.8 Å². The fourth-order valence-electron chi connectivity index (χ4n) is 2.95. The monoisotopic (exact) mass is 285 g/mol. The lowest BCUT2D eigenvalue weighted by Crippen LogP contribution is -2.34. The van der Waals surface area contributed by atoms with Gasteiger partial charge in [0.05, 0.1) is 23.4 Å². The summed E-state index contributed by atoms with van der Waals surface area (Å²) < 4.78 is 1.65. The van der Waals surface area contributed by atoms with Crippen molar-refractivity contribution < 1.29 is 9.90 Å². The summed E-state index contributed by atoms with van der Waals surface area (Å²) in [6.07, 6.45) is 2.43. The van der Waals surface area contributed by atoms with Crippen LogP contribution in [0.15, 0.2) is 30.5 Å². The van der Waals surface area contributed by atoms with E-state index in [-0.39, 0.29) is 11.9 Å². The van der Waals surface area contributed by atoms with Crippen molar-refractivity contribution in [1.82, 2.24) is 15.1 Å². The Morgan fingerprint density at radius 1 is 1.48 bits per heavy atom. The third-order valence-electron chi connectivity index (χ3n) is 3.98. The topological polar surface area (TPSA) is 67.2 Å². The first kappa shape index (κ1) is 13.8. The molecule has 0 fully saturated rings. The quantitative estimate of drug-likeness (QED) is 0.895. The van der Waals surface area contributed by atoms with Gasteiger partial charge in [-0.15, -0.1) is 0 Å². The lowest BCUT2D eigenvalue weighted by molar-refractivity contribution is 0.0857. The van der Waals surface area contributed by atoms with Gasteiger partial charge >= 0.3 is 0 Å². The Morgan fingerprint density at radius 3 is 3.00 bits per heavy atom. The molecule has 2 unspecified atom stereocenters. The summed E-state index contributed by atoms with van der Waals surface area (Å²) in [4.78, 5) is 12.5. The number of aryl methyl sites for hydroxylation is 2. The van der Waals surface area contributed by atoms with Crippen LogP contribution in [0.2, 0.25) is 0 Å². The van der Waals surface area contributed by atoms with Crippen molar-refractivity contribution in [3.63, 3.8) is 0 Å². The highest BCUT2D eigenvalue weighted by Gasteiger charge is 2.32. The Balaban J connectivity index is 1.85. The van der Waals surface area contributed by atoms with Gasteiger partial charge in [-0.1, -0.05) is 31.2 Å². The molecule has 1 amide bonds. The lowest BCUT2D eigenvalue weighted by Gasteiger charge is -2.17. The Labute approximate surface area is 123 Å². The summed E-state index contributed by atoms with van der Waals surface area (Å²) in [5.74, 6) is -0.180. The summed E-state index contributed by atoms with van der Waals surface area (Å²) in [5.41, 5.74) is 3.45. The van der Waals surface area contributed by atoms with Crippen LogP contribution < -0.4 is 5.32 Å². The lowest BCUT2D eigenvalue weighted by atomic mass is 10.1. The second-order valence-electron chi connectivity index (χ2n) is 5.44. The highest BCUT2D eigenvalue weighted by Crippen LogP contribution is 2.31. The number of aliphatic hydroxyl groups is 1. The number of aliphatic hydroxyl groups excluding tert-OH is 1. The van der Waals surface area contributed by atoms with Crippen LogP contribution in [0.25, 0.3) is 0 Å². The van der Waals surface area contributed by atoms with Crippen LogP contribution in [0.5, 0.6) is 0 Å². The van der Waals surface area contributed by atoms with Crippen molar-refractivity contribution in [3.8, 4) is 0 Å². The molecule has 21 heavy (non-hydrogen) atoms. The Morgan fingerprint density at radius 2 is 2.24 bits per heavy atom. The highest BCUT2D eigenvalue weighted by molar-refractivity contribution is 5.95. The number of carbonyl (C=O) groups excluding carboxylic acids is 1. The molecule has 3 rings (SSSR count). The summed E-state index contributed by atoms with van der Waals surface area (Å²) in [7, 11) is 1.80. The number of hydrogen-bond acceptors (Lipinski definition) is 3. The molecule has 1 aliphatic rings. The SMILES string of the molecule is CCc1nn(C)cc1C(=O)NC1c2ccccc2CC1O. The largest absolute Gasteiger partial charge is 0.390 e. The van der Waals surface area contributed by atoms with Crippen LogP contribution in [0.4, 0.5) is 0 Å². The zero-order valence-corrected chi connectivity index (χ0v) is 12.2. The number of aromatic nitrogens is 2. The number of amides is 1. The van der Waals surface area contributed by atoms with Gasteiger partial charge in [0.2, 0.25) is 0 Å². The van der Waals surface area contributed by atoms with Gasteiger partial charge in [0.25, 0.3) is 5.91 Å². The Kier molecular flexibility index (Phi) is 3.51. The van der Waals surface area contributed by atoms with E-state index in [4.69, 9.17) is 0 Å². The first-order chi connectivity index (χ1) is 10.1. The predicted octanol–water partition coefficient (Wildman–Crippen LogP) is 1.37. The maximum absolute atomic E-state index is 12.5. The molecule has 1 aliphatic carbocycles. The molecule has 1 heterocycles. The first-order valence-electron chi connectivity index (χ1n) is 7.19. The third-order valence-corrected chi connectivity index (χ3v) is 3.98. The summed E-state index contributed by atoms with van der Waals surface area (Å²) in [6, 6.07) is 7.48. The molecule has 0 aliphatic heterocycles. The van der Waals surface area contributed by atoms with Crippen molar-refractivity contribution in [3.05, 3.63) is 52.8 Å². The number of nitrogens with zero attached hydrogens (tertiary/aromatic N) is 2. The molecule has 0 saturated carbocycles. The average molecular weight is 285 g/mol. The fourth-order valence-corrected chi connectivity index (χ4v) is 2.95. The summed E-state index contributed by atoms with van der Waals surface area (Å²) in [5, 5.41) is 17.4. The molecule has 0 radical (unpaired) electrons. The van der Waals surface area contributed by atoms with Crippen molar-refractivity contribution in [2.45, 2.75) is 31.9 Å². The molecule has 2 N–H and O–H groups in total. The maximum Gasteiger partial charge on any atom is 0.255 e. The van der Waals surface area contributed by atoms with E-state index in [9.17, 15) is 9.90 Å². The number of nitrogens with one attached hydrogen (secondary N) is 1. The minimum absolute atomic E-state index is 0.180. The second-order valence-corrected chi connectivity index (χ2v) is 5.44. The molecule has 5 heteroatoms. The smallest absolute Gasteiger partial charge is 0.255 e. The van der Waals surface area contributed by atoms with Gasteiger partial charge in [-0.05, 0) is 17.5 Å². The van der Waals surface area contributed by atoms with Gasteiger partial charge in [0.15, 0.2) is 0 Å². The normalized spacial score (nSPS) is 20.3. The summed E-state index contributed by atoms with van der Waals surface area (Å²) >= 11 is 0. The highest BCUT2D eigenvalue weighted by atomic mass is 16.3. The molecular formula is C16H19N3O2. The van der Waals surface area contributed by atoms with E-state index in [1.165, 1.54) is 0 Å². The van der Waals surface area contributed by atoms with Gasteiger partial charge in [-0.3, -0.25) is 9.48 Å². The third kappa shape index (κ3) is 2.45. The number of fused-ring (bicyclic) bond motifs is 1. The van der Waals surface area contributed by atoms with Gasteiger partial charge in [-0.2, -0.15) is 5.10 Å². The van der Waals surface area contributed by atoms with E-state index in [1.54, 1.807) is 17.9 Å². The van der Waals surface area contributed by atoms with Gasteiger partial charge in [-0.25, -0.2) is 0 Å².